The first-order chi connectivity index (χ1) is 7.50. The average molecular weight is 226 g/mol. The summed E-state index contributed by atoms with van der Waals surface area (Å²) in [5.41, 5.74) is 5.77. The maximum atomic E-state index is 5.77. The molecule has 96 valence electrons. The summed E-state index contributed by atoms with van der Waals surface area (Å²) in [5.74, 6) is 1.80. The Hall–Kier alpha value is -0.0800. The highest BCUT2D eigenvalue weighted by Crippen LogP contribution is 2.34. The lowest BCUT2D eigenvalue weighted by Gasteiger charge is -2.27. The zero-order valence-corrected chi connectivity index (χ0v) is 11.6. The fourth-order valence-electron chi connectivity index (χ4n) is 2.48. The average Bonchev–Trinajstić information content (AvgIpc) is 2.98. The van der Waals surface area contributed by atoms with Crippen LogP contribution in [-0.4, -0.2) is 30.6 Å². The molecule has 16 heavy (non-hydrogen) atoms. The van der Waals surface area contributed by atoms with Crippen LogP contribution in [0.3, 0.4) is 0 Å². The summed E-state index contributed by atoms with van der Waals surface area (Å²) in [6.07, 6.45) is 6.68. The van der Waals surface area contributed by atoms with Gasteiger partial charge in [-0.25, -0.2) is 0 Å². The highest BCUT2D eigenvalue weighted by Gasteiger charge is 2.30. The molecular weight excluding hydrogens is 196 g/mol. The van der Waals surface area contributed by atoms with E-state index in [1.165, 1.54) is 38.6 Å². The van der Waals surface area contributed by atoms with Crippen molar-refractivity contribution >= 4 is 0 Å². The van der Waals surface area contributed by atoms with E-state index < -0.39 is 0 Å². The van der Waals surface area contributed by atoms with E-state index in [1.807, 2.05) is 0 Å². The second-order valence-corrected chi connectivity index (χ2v) is 6.03. The van der Waals surface area contributed by atoms with Crippen molar-refractivity contribution in [3.05, 3.63) is 0 Å². The topological polar surface area (TPSA) is 29.3 Å². The summed E-state index contributed by atoms with van der Waals surface area (Å²) >= 11 is 0. The summed E-state index contributed by atoms with van der Waals surface area (Å²) in [6, 6.07) is 1.16. The van der Waals surface area contributed by atoms with Crippen molar-refractivity contribution < 1.29 is 0 Å². The molecule has 1 aliphatic rings. The summed E-state index contributed by atoms with van der Waals surface area (Å²) < 4.78 is 0. The largest absolute Gasteiger partial charge is 0.328 e. The van der Waals surface area contributed by atoms with Crippen LogP contribution in [0.4, 0.5) is 0 Å². The minimum absolute atomic E-state index is 0.371. The molecule has 3 unspecified atom stereocenters. The van der Waals surface area contributed by atoms with Crippen molar-refractivity contribution in [2.45, 2.75) is 65.0 Å². The molecule has 0 aliphatic heterocycles. The molecule has 0 amide bonds. The van der Waals surface area contributed by atoms with Gasteiger partial charge in [-0.15, -0.1) is 0 Å². The second-order valence-electron chi connectivity index (χ2n) is 6.03. The molecule has 1 fully saturated rings. The Bertz CT molecular complexity index is 187. The lowest BCUT2D eigenvalue weighted by atomic mass is 10.0. The molecule has 0 saturated heterocycles. The lowest BCUT2D eigenvalue weighted by molar-refractivity contribution is 0.199. The van der Waals surface area contributed by atoms with Crippen molar-refractivity contribution in [3.63, 3.8) is 0 Å². The van der Waals surface area contributed by atoms with Gasteiger partial charge in [0.15, 0.2) is 0 Å². The van der Waals surface area contributed by atoms with Crippen LogP contribution in [-0.2, 0) is 0 Å². The minimum atomic E-state index is 0.371. The van der Waals surface area contributed by atoms with Gasteiger partial charge < -0.3 is 10.6 Å². The van der Waals surface area contributed by atoms with Crippen molar-refractivity contribution in [1.29, 1.82) is 0 Å². The van der Waals surface area contributed by atoms with Crippen LogP contribution in [0.1, 0.15) is 52.9 Å². The quantitative estimate of drug-likeness (QED) is 0.689. The SMILES string of the molecule is CC(N)CCCC(C)CN(C)C(C)C1CC1. The molecule has 0 aromatic heterocycles. The maximum Gasteiger partial charge on any atom is 0.00922 e. The van der Waals surface area contributed by atoms with Gasteiger partial charge in [0, 0.05) is 18.6 Å². The van der Waals surface area contributed by atoms with E-state index in [0.29, 0.717) is 6.04 Å². The molecular formula is C14H30N2. The molecule has 2 heteroatoms. The summed E-state index contributed by atoms with van der Waals surface area (Å²) in [6.45, 7) is 8.10. The van der Waals surface area contributed by atoms with Crippen molar-refractivity contribution in [2.75, 3.05) is 13.6 Å². The molecule has 0 heterocycles. The Morgan fingerprint density at radius 1 is 1.19 bits per heavy atom. The Kier molecular flexibility index (Phi) is 5.77. The number of rotatable bonds is 8. The van der Waals surface area contributed by atoms with E-state index in [9.17, 15) is 0 Å². The Morgan fingerprint density at radius 2 is 1.81 bits per heavy atom. The molecule has 0 radical (unpaired) electrons. The van der Waals surface area contributed by atoms with Crippen molar-refractivity contribution in [3.8, 4) is 0 Å². The molecule has 2 N–H and O–H groups in total. The van der Waals surface area contributed by atoms with Crippen molar-refractivity contribution in [2.24, 2.45) is 17.6 Å². The molecule has 0 spiro atoms. The molecule has 1 aliphatic carbocycles. The first-order valence-corrected chi connectivity index (χ1v) is 6.96. The third-order valence-corrected chi connectivity index (χ3v) is 3.96. The summed E-state index contributed by atoms with van der Waals surface area (Å²) in [5, 5.41) is 0. The van der Waals surface area contributed by atoms with Crippen molar-refractivity contribution in [1.82, 2.24) is 4.90 Å². The van der Waals surface area contributed by atoms with Crippen LogP contribution in [0, 0.1) is 11.8 Å². The van der Waals surface area contributed by atoms with Gasteiger partial charge >= 0.3 is 0 Å². The zero-order chi connectivity index (χ0) is 12.1. The smallest absolute Gasteiger partial charge is 0.00922 e. The summed E-state index contributed by atoms with van der Waals surface area (Å²) in [4.78, 5) is 2.55. The Labute approximate surface area is 102 Å². The molecule has 3 atom stereocenters. The van der Waals surface area contributed by atoms with Crippen LogP contribution >= 0.6 is 0 Å². The van der Waals surface area contributed by atoms with Gasteiger partial charge in [0.2, 0.25) is 0 Å². The van der Waals surface area contributed by atoms with Gasteiger partial charge in [0.25, 0.3) is 0 Å². The number of nitrogens with two attached hydrogens (primary N) is 1. The molecule has 1 saturated carbocycles. The molecule has 2 nitrogen and oxygen atoms in total. The first-order valence-electron chi connectivity index (χ1n) is 6.96. The van der Waals surface area contributed by atoms with E-state index in [-0.39, 0.29) is 0 Å². The number of nitrogens with zero attached hydrogens (tertiary/aromatic N) is 1. The molecule has 0 bridgehead atoms. The zero-order valence-electron chi connectivity index (χ0n) is 11.6. The second kappa shape index (κ2) is 6.61. The van der Waals surface area contributed by atoms with Gasteiger partial charge in [-0.3, -0.25) is 0 Å². The van der Waals surface area contributed by atoms with Crippen LogP contribution in [0.2, 0.25) is 0 Å². The standard InChI is InChI=1S/C14H30N2/c1-11(6-5-7-12(2)15)10-16(4)13(3)14-8-9-14/h11-14H,5-10,15H2,1-4H3. The number of hydrogen-bond acceptors (Lipinski definition) is 2. The van der Waals surface area contributed by atoms with Gasteiger partial charge in [0.1, 0.15) is 0 Å². The normalized spacial score (nSPS) is 22.1. The lowest BCUT2D eigenvalue weighted by Crippen LogP contribution is -2.34. The predicted octanol–water partition coefficient (Wildman–Crippen LogP) is 2.87. The van der Waals surface area contributed by atoms with Crippen LogP contribution in [0.5, 0.6) is 0 Å². The Balaban J connectivity index is 2.09. The van der Waals surface area contributed by atoms with E-state index in [0.717, 1.165) is 17.9 Å². The maximum absolute atomic E-state index is 5.77. The van der Waals surface area contributed by atoms with Gasteiger partial charge in [0.05, 0.1) is 0 Å². The molecule has 1 rings (SSSR count). The van der Waals surface area contributed by atoms with Crippen LogP contribution in [0.15, 0.2) is 0 Å². The molecule has 0 aromatic rings. The monoisotopic (exact) mass is 226 g/mol. The minimum Gasteiger partial charge on any atom is -0.328 e. The van der Waals surface area contributed by atoms with E-state index in [4.69, 9.17) is 5.73 Å². The van der Waals surface area contributed by atoms with Gasteiger partial charge in [-0.2, -0.15) is 0 Å². The van der Waals surface area contributed by atoms with E-state index in [1.54, 1.807) is 0 Å². The number of hydrogen-bond donors (Lipinski definition) is 1. The Morgan fingerprint density at radius 3 is 2.31 bits per heavy atom. The van der Waals surface area contributed by atoms with Crippen LogP contribution in [0.25, 0.3) is 0 Å². The third-order valence-electron chi connectivity index (χ3n) is 3.96. The highest BCUT2D eigenvalue weighted by atomic mass is 15.1. The van der Waals surface area contributed by atoms with Gasteiger partial charge in [-0.05, 0) is 58.4 Å². The third kappa shape index (κ3) is 5.31. The fraction of sp³-hybridized carbons (Fsp3) is 1.00. The van der Waals surface area contributed by atoms with Gasteiger partial charge in [-0.1, -0.05) is 13.3 Å². The van der Waals surface area contributed by atoms with E-state index >= 15 is 0 Å². The van der Waals surface area contributed by atoms with E-state index in [2.05, 4.69) is 32.7 Å². The summed E-state index contributed by atoms with van der Waals surface area (Å²) in [7, 11) is 2.28. The van der Waals surface area contributed by atoms with Crippen LogP contribution < -0.4 is 5.73 Å². The fourth-order valence-corrected chi connectivity index (χ4v) is 2.48. The first kappa shape index (κ1) is 14.0. The highest BCUT2D eigenvalue weighted by molar-refractivity contribution is 4.84. The molecule has 0 aromatic carbocycles. The predicted molar refractivity (Wildman–Crippen MR) is 71.5 cm³/mol.